The summed E-state index contributed by atoms with van der Waals surface area (Å²) in [5.74, 6) is 0.645. The Kier molecular flexibility index (Phi) is 4.59. The van der Waals surface area contributed by atoms with Gasteiger partial charge in [0.2, 0.25) is 0 Å². The van der Waals surface area contributed by atoms with Crippen molar-refractivity contribution in [2.75, 3.05) is 17.7 Å². The molecule has 2 aliphatic rings. The van der Waals surface area contributed by atoms with E-state index >= 15 is 0 Å². The van der Waals surface area contributed by atoms with Crippen LogP contribution >= 0.6 is 0 Å². The lowest BCUT2D eigenvalue weighted by molar-refractivity contribution is 0.0829. The zero-order valence-electron chi connectivity index (χ0n) is 13.1. The summed E-state index contributed by atoms with van der Waals surface area (Å²) in [7, 11) is -3.22. The van der Waals surface area contributed by atoms with Gasteiger partial charge in [0.05, 0.1) is 22.8 Å². The van der Waals surface area contributed by atoms with Crippen LogP contribution in [-0.4, -0.2) is 39.0 Å². The van der Waals surface area contributed by atoms with Crippen LogP contribution in [0, 0.1) is 5.92 Å². The lowest BCUT2D eigenvalue weighted by atomic mass is 10.1. The molecule has 3 rings (SSSR count). The summed E-state index contributed by atoms with van der Waals surface area (Å²) < 4.78 is 29.2. The number of carbonyl (C=O) groups is 1. The number of nitrogens with one attached hydrogen (secondary N) is 2. The van der Waals surface area contributed by atoms with Crippen molar-refractivity contribution in [1.82, 2.24) is 5.32 Å². The second-order valence-electron chi connectivity index (χ2n) is 6.09. The van der Waals surface area contributed by atoms with E-state index < -0.39 is 9.84 Å². The minimum atomic E-state index is -3.22. The summed E-state index contributed by atoms with van der Waals surface area (Å²) in [6.45, 7) is 2.30. The standard InChI is InChI=1S/C16H22N2O4S/c1-2-23(20,21)13-7-5-12(6-8-13)17-16(19)18-14-9-10-22-15(14)11-3-4-11/h5-8,11,14-15H,2-4,9-10H2,1H3,(H2,17,18,19)/t14-,15-/m1/s1. The van der Waals surface area contributed by atoms with E-state index in [1.54, 1.807) is 19.1 Å². The van der Waals surface area contributed by atoms with Gasteiger partial charge in [-0.2, -0.15) is 0 Å². The van der Waals surface area contributed by atoms with Gasteiger partial charge in [-0.05, 0) is 49.4 Å². The van der Waals surface area contributed by atoms with Crippen molar-refractivity contribution in [3.05, 3.63) is 24.3 Å². The summed E-state index contributed by atoms with van der Waals surface area (Å²) in [5, 5.41) is 5.71. The Morgan fingerprint density at radius 2 is 1.91 bits per heavy atom. The fourth-order valence-corrected chi connectivity index (χ4v) is 3.79. The van der Waals surface area contributed by atoms with E-state index in [0.717, 1.165) is 6.42 Å². The molecule has 1 aliphatic heterocycles. The van der Waals surface area contributed by atoms with E-state index in [9.17, 15) is 13.2 Å². The normalized spacial score (nSPS) is 24.4. The molecule has 2 fully saturated rings. The van der Waals surface area contributed by atoms with Crippen LogP contribution in [0.4, 0.5) is 10.5 Å². The van der Waals surface area contributed by atoms with Gasteiger partial charge in [0, 0.05) is 12.3 Å². The quantitative estimate of drug-likeness (QED) is 0.862. The topological polar surface area (TPSA) is 84.5 Å². The first-order valence-electron chi connectivity index (χ1n) is 8.01. The molecule has 1 aromatic rings. The molecule has 1 saturated heterocycles. The summed E-state index contributed by atoms with van der Waals surface area (Å²) in [4.78, 5) is 12.4. The summed E-state index contributed by atoms with van der Waals surface area (Å²) in [6.07, 6.45) is 3.33. The first kappa shape index (κ1) is 16.3. The van der Waals surface area contributed by atoms with Gasteiger partial charge in [0.1, 0.15) is 0 Å². The highest BCUT2D eigenvalue weighted by Gasteiger charge is 2.41. The highest BCUT2D eigenvalue weighted by molar-refractivity contribution is 7.91. The Labute approximate surface area is 136 Å². The van der Waals surface area contributed by atoms with E-state index in [4.69, 9.17) is 4.74 Å². The van der Waals surface area contributed by atoms with Gasteiger partial charge < -0.3 is 15.4 Å². The number of amides is 2. The summed E-state index contributed by atoms with van der Waals surface area (Å²) in [5.41, 5.74) is 0.569. The molecule has 0 radical (unpaired) electrons. The second kappa shape index (κ2) is 6.49. The van der Waals surface area contributed by atoms with Crippen molar-refractivity contribution in [3.8, 4) is 0 Å². The van der Waals surface area contributed by atoms with Crippen molar-refractivity contribution in [3.63, 3.8) is 0 Å². The number of rotatable bonds is 5. The average molecular weight is 338 g/mol. The SMILES string of the molecule is CCS(=O)(=O)c1ccc(NC(=O)N[C@@H]2CCO[C@@H]2C2CC2)cc1. The van der Waals surface area contributed by atoms with E-state index in [1.165, 1.54) is 25.0 Å². The maximum absolute atomic E-state index is 12.1. The number of sulfone groups is 1. The van der Waals surface area contributed by atoms with Crippen LogP contribution in [-0.2, 0) is 14.6 Å². The first-order valence-corrected chi connectivity index (χ1v) is 9.67. The van der Waals surface area contributed by atoms with Crippen molar-refractivity contribution in [1.29, 1.82) is 0 Å². The molecule has 7 heteroatoms. The van der Waals surface area contributed by atoms with Gasteiger partial charge in [-0.1, -0.05) is 6.92 Å². The largest absolute Gasteiger partial charge is 0.376 e. The molecule has 23 heavy (non-hydrogen) atoms. The smallest absolute Gasteiger partial charge is 0.319 e. The van der Waals surface area contributed by atoms with E-state index in [2.05, 4.69) is 10.6 Å². The van der Waals surface area contributed by atoms with Gasteiger partial charge in [-0.25, -0.2) is 13.2 Å². The van der Waals surface area contributed by atoms with Gasteiger partial charge in [-0.15, -0.1) is 0 Å². The molecular formula is C16H22N2O4S. The lowest BCUT2D eigenvalue weighted by Gasteiger charge is -2.19. The maximum atomic E-state index is 12.1. The van der Waals surface area contributed by atoms with Gasteiger partial charge >= 0.3 is 6.03 Å². The Hall–Kier alpha value is -1.60. The predicted octanol–water partition coefficient (Wildman–Crippen LogP) is 2.17. The van der Waals surface area contributed by atoms with Gasteiger partial charge in [0.15, 0.2) is 9.84 Å². The molecule has 1 aliphatic carbocycles. The Morgan fingerprint density at radius 1 is 1.22 bits per heavy atom. The summed E-state index contributed by atoms with van der Waals surface area (Å²) in [6, 6.07) is 6.01. The fourth-order valence-electron chi connectivity index (χ4n) is 2.90. The van der Waals surface area contributed by atoms with Crippen LogP contribution < -0.4 is 10.6 Å². The molecule has 2 N–H and O–H groups in total. The predicted molar refractivity (Wildman–Crippen MR) is 87.2 cm³/mol. The number of hydrogen-bond acceptors (Lipinski definition) is 4. The molecule has 1 saturated carbocycles. The molecule has 1 aromatic carbocycles. The Balaban J connectivity index is 1.57. The molecular weight excluding hydrogens is 316 g/mol. The van der Waals surface area contributed by atoms with Crippen LogP contribution in [0.1, 0.15) is 26.2 Å². The highest BCUT2D eigenvalue weighted by atomic mass is 32.2. The van der Waals surface area contributed by atoms with Gasteiger partial charge in [-0.3, -0.25) is 0 Å². The number of anilines is 1. The fraction of sp³-hybridized carbons (Fsp3) is 0.562. The molecule has 0 bridgehead atoms. The molecule has 2 atom stereocenters. The zero-order valence-corrected chi connectivity index (χ0v) is 13.9. The molecule has 6 nitrogen and oxygen atoms in total. The monoisotopic (exact) mass is 338 g/mol. The number of benzene rings is 1. The third-order valence-electron chi connectivity index (χ3n) is 4.39. The minimum Gasteiger partial charge on any atom is -0.376 e. The van der Waals surface area contributed by atoms with Crippen molar-refractivity contribution in [2.24, 2.45) is 5.92 Å². The van der Waals surface area contributed by atoms with Gasteiger partial charge in [0.25, 0.3) is 0 Å². The average Bonchev–Trinajstić information content (AvgIpc) is 3.28. The number of hydrogen-bond donors (Lipinski definition) is 2. The third-order valence-corrected chi connectivity index (χ3v) is 6.14. The Bertz CT molecular complexity index is 668. The molecule has 2 amide bonds. The Morgan fingerprint density at radius 3 is 2.52 bits per heavy atom. The van der Waals surface area contributed by atoms with Crippen LogP contribution in [0.15, 0.2) is 29.2 Å². The molecule has 1 heterocycles. The molecule has 0 unspecified atom stereocenters. The second-order valence-corrected chi connectivity index (χ2v) is 8.37. The van der Waals surface area contributed by atoms with Crippen molar-refractivity contribution < 1.29 is 17.9 Å². The number of ether oxygens (including phenoxy) is 1. The zero-order chi connectivity index (χ0) is 16.4. The van der Waals surface area contributed by atoms with Crippen molar-refractivity contribution in [2.45, 2.75) is 43.2 Å². The van der Waals surface area contributed by atoms with E-state index in [1.807, 2.05) is 0 Å². The minimum absolute atomic E-state index is 0.0576. The number of urea groups is 1. The van der Waals surface area contributed by atoms with E-state index in [-0.39, 0.29) is 28.8 Å². The van der Waals surface area contributed by atoms with Crippen LogP contribution in [0.2, 0.25) is 0 Å². The first-order chi connectivity index (χ1) is 11.0. The van der Waals surface area contributed by atoms with Crippen LogP contribution in [0.3, 0.4) is 0 Å². The maximum Gasteiger partial charge on any atom is 0.319 e. The van der Waals surface area contributed by atoms with Crippen molar-refractivity contribution >= 4 is 21.6 Å². The third kappa shape index (κ3) is 3.84. The molecule has 126 valence electrons. The highest BCUT2D eigenvalue weighted by Crippen LogP contribution is 2.38. The molecule has 0 spiro atoms. The molecule has 0 aromatic heterocycles. The van der Waals surface area contributed by atoms with Crippen LogP contribution in [0.5, 0.6) is 0 Å². The number of carbonyl (C=O) groups excluding carboxylic acids is 1. The summed E-state index contributed by atoms with van der Waals surface area (Å²) >= 11 is 0. The lowest BCUT2D eigenvalue weighted by Crippen LogP contribution is -2.43. The van der Waals surface area contributed by atoms with E-state index in [0.29, 0.717) is 18.2 Å². The van der Waals surface area contributed by atoms with Crippen LogP contribution in [0.25, 0.3) is 0 Å².